The largest absolute Gasteiger partial charge is 0.286 e. The number of hydrogen-bond acceptors (Lipinski definition) is 4. The van der Waals surface area contributed by atoms with E-state index in [-0.39, 0.29) is 5.82 Å². The second kappa shape index (κ2) is 4.29. The van der Waals surface area contributed by atoms with Crippen molar-refractivity contribution in [3.05, 3.63) is 24.1 Å². The Morgan fingerprint density at radius 2 is 2.00 bits per heavy atom. The van der Waals surface area contributed by atoms with Gasteiger partial charge in [0.25, 0.3) is 5.95 Å². The molecule has 0 atom stereocenters. The van der Waals surface area contributed by atoms with Gasteiger partial charge in [-0.05, 0) is 25.0 Å². The zero-order chi connectivity index (χ0) is 11.7. The molecule has 0 unspecified atom stereocenters. The first-order valence-corrected chi connectivity index (χ1v) is 5.85. The molecule has 0 bridgehead atoms. The van der Waals surface area contributed by atoms with Crippen LogP contribution in [-0.2, 0) is 0 Å². The number of nitrogens with one attached hydrogen (secondary N) is 1. The summed E-state index contributed by atoms with van der Waals surface area (Å²) in [6, 6.07) is 3.00. The quantitative estimate of drug-likeness (QED) is 0.860. The van der Waals surface area contributed by atoms with Gasteiger partial charge < -0.3 is 0 Å². The summed E-state index contributed by atoms with van der Waals surface area (Å²) in [6.45, 7) is 2.01. The number of pyridine rings is 1. The Morgan fingerprint density at radius 3 is 2.82 bits per heavy atom. The Kier molecular flexibility index (Phi) is 2.64. The molecule has 3 heterocycles. The van der Waals surface area contributed by atoms with Gasteiger partial charge in [-0.3, -0.25) is 5.43 Å². The molecule has 0 amide bonds. The molecule has 0 radical (unpaired) electrons. The van der Waals surface area contributed by atoms with E-state index in [1.807, 2.05) is 0 Å². The molecule has 0 aromatic carbocycles. The zero-order valence-electron chi connectivity index (χ0n) is 9.43. The number of hydrazine groups is 1. The molecular weight excluding hydrogens is 221 g/mol. The summed E-state index contributed by atoms with van der Waals surface area (Å²) >= 11 is 0. The fourth-order valence-corrected chi connectivity index (χ4v) is 2.05. The normalized spacial score (nSPS) is 17.5. The summed E-state index contributed by atoms with van der Waals surface area (Å²) in [5.41, 5.74) is 3.80. The first-order valence-electron chi connectivity index (χ1n) is 5.85. The van der Waals surface area contributed by atoms with Crippen molar-refractivity contribution in [2.45, 2.75) is 19.3 Å². The maximum absolute atomic E-state index is 13.0. The highest BCUT2D eigenvalue weighted by Crippen LogP contribution is 2.11. The van der Waals surface area contributed by atoms with Crippen LogP contribution in [0.1, 0.15) is 19.3 Å². The summed E-state index contributed by atoms with van der Waals surface area (Å²) in [7, 11) is 0. The summed E-state index contributed by atoms with van der Waals surface area (Å²) in [5, 5.41) is 6.29. The van der Waals surface area contributed by atoms with Gasteiger partial charge in [-0.15, -0.1) is 5.10 Å². The smallest absolute Gasteiger partial charge is 0.257 e. The van der Waals surface area contributed by atoms with Crippen LogP contribution < -0.4 is 5.43 Å². The first kappa shape index (κ1) is 10.5. The van der Waals surface area contributed by atoms with Gasteiger partial charge in [0.2, 0.25) is 0 Å². The third-order valence-electron chi connectivity index (χ3n) is 2.91. The van der Waals surface area contributed by atoms with E-state index in [9.17, 15) is 4.39 Å². The van der Waals surface area contributed by atoms with E-state index in [1.165, 1.54) is 36.0 Å². The van der Waals surface area contributed by atoms with Crippen LogP contribution in [0, 0.1) is 5.82 Å². The molecule has 3 rings (SSSR count). The minimum absolute atomic E-state index is 0.313. The highest BCUT2D eigenvalue weighted by Gasteiger charge is 2.12. The van der Waals surface area contributed by atoms with Gasteiger partial charge in [-0.1, -0.05) is 6.42 Å². The summed E-state index contributed by atoms with van der Waals surface area (Å²) in [6.07, 6.45) is 4.98. The molecule has 5 nitrogen and oxygen atoms in total. The molecule has 1 aliphatic rings. The minimum Gasteiger partial charge on any atom is -0.286 e. The van der Waals surface area contributed by atoms with Crippen LogP contribution in [0.15, 0.2) is 18.3 Å². The molecule has 90 valence electrons. The van der Waals surface area contributed by atoms with E-state index in [2.05, 4.69) is 20.5 Å². The van der Waals surface area contributed by atoms with Gasteiger partial charge in [-0.25, -0.2) is 13.9 Å². The first-order chi connectivity index (χ1) is 8.31. The van der Waals surface area contributed by atoms with Gasteiger partial charge in [0.1, 0.15) is 5.82 Å². The van der Waals surface area contributed by atoms with Crippen molar-refractivity contribution in [1.29, 1.82) is 0 Å². The van der Waals surface area contributed by atoms with E-state index in [1.54, 1.807) is 6.07 Å². The van der Waals surface area contributed by atoms with Gasteiger partial charge in [0.05, 0.1) is 6.20 Å². The molecule has 2 aromatic rings. The van der Waals surface area contributed by atoms with Crippen LogP contribution in [0.2, 0.25) is 0 Å². The van der Waals surface area contributed by atoms with Crippen LogP contribution in [0.5, 0.6) is 0 Å². The Bertz CT molecular complexity index is 518. The SMILES string of the molecule is Fc1ccc2nc(NN3CCCCC3)nn2c1. The average molecular weight is 235 g/mol. The Morgan fingerprint density at radius 1 is 1.18 bits per heavy atom. The summed E-state index contributed by atoms with van der Waals surface area (Å²) in [5.74, 6) is 0.212. The molecule has 0 spiro atoms. The lowest BCUT2D eigenvalue weighted by Gasteiger charge is -2.25. The van der Waals surface area contributed by atoms with E-state index in [0.717, 1.165) is 13.1 Å². The third kappa shape index (κ3) is 2.21. The van der Waals surface area contributed by atoms with Crippen molar-refractivity contribution in [2.75, 3.05) is 18.5 Å². The second-order valence-electron chi connectivity index (χ2n) is 4.25. The predicted octanol–water partition coefficient (Wildman–Crippen LogP) is 1.68. The van der Waals surface area contributed by atoms with Crippen molar-refractivity contribution >= 4 is 11.6 Å². The molecular formula is C11H14FN5. The lowest BCUT2D eigenvalue weighted by Crippen LogP contribution is -2.35. The number of piperidine rings is 1. The molecule has 1 fully saturated rings. The molecule has 0 saturated carbocycles. The molecule has 1 aliphatic heterocycles. The number of fused-ring (bicyclic) bond motifs is 1. The Labute approximate surface area is 98.2 Å². The lowest BCUT2D eigenvalue weighted by molar-refractivity contribution is 0.271. The number of rotatable bonds is 2. The fraction of sp³-hybridized carbons (Fsp3) is 0.455. The number of anilines is 1. The van der Waals surface area contributed by atoms with Crippen LogP contribution in [-0.4, -0.2) is 32.7 Å². The van der Waals surface area contributed by atoms with Gasteiger partial charge in [0.15, 0.2) is 5.65 Å². The van der Waals surface area contributed by atoms with E-state index in [0.29, 0.717) is 11.6 Å². The lowest BCUT2D eigenvalue weighted by atomic mass is 10.2. The highest BCUT2D eigenvalue weighted by molar-refractivity contribution is 5.42. The molecule has 0 aliphatic carbocycles. The van der Waals surface area contributed by atoms with Crippen molar-refractivity contribution in [1.82, 2.24) is 19.6 Å². The van der Waals surface area contributed by atoms with E-state index < -0.39 is 0 Å². The van der Waals surface area contributed by atoms with E-state index >= 15 is 0 Å². The van der Waals surface area contributed by atoms with Crippen molar-refractivity contribution in [3.8, 4) is 0 Å². The summed E-state index contributed by atoms with van der Waals surface area (Å²) in [4.78, 5) is 4.28. The van der Waals surface area contributed by atoms with Crippen molar-refractivity contribution < 1.29 is 4.39 Å². The predicted molar refractivity (Wildman–Crippen MR) is 62.0 cm³/mol. The Hall–Kier alpha value is -1.69. The third-order valence-corrected chi connectivity index (χ3v) is 2.91. The maximum atomic E-state index is 13.0. The van der Waals surface area contributed by atoms with Gasteiger partial charge in [-0.2, -0.15) is 4.98 Å². The maximum Gasteiger partial charge on any atom is 0.257 e. The topological polar surface area (TPSA) is 45.5 Å². The van der Waals surface area contributed by atoms with Crippen LogP contribution >= 0.6 is 0 Å². The van der Waals surface area contributed by atoms with Crippen LogP contribution in [0.25, 0.3) is 5.65 Å². The fourth-order valence-electron chi connectivity index (χ4n) is 2.05. The average Bonchev–Trinajstić information content (AvgIpc) is 2.71. The number of nitrogens with zero attached hydrogens (tertiary/aromatic N) is 4. The van der Waals surface area contributed by atoms with Crippen molar-refractivity contribution in [2.24, 2.45) is 0 Å². The molecule has 6 heteroatoms. The summed E-state index contributed by atoms with van der Waals surface area (Å²) < 4.78 is 14.4. The number of aromatic nitrogens is 3. The minimum atomic E-state index is -0.313. The second-order valence-corrected chi connectivity index (χ2v) is 4.25. The van der Waals surface area contributed by atoms with Crippen molar-refractivity contribution in [3.63, 3.8) is 0 Å². The Balaban J connectivity index is 1.80. The monoisotopic (exact) mass is 235 g/mol. The molecule has 1 N–H and O–H groups in total. The van der Waals surface area contributed by atoms with Gasteiger partial charge in [0, 0.05) is 13.1 Å². The standard InChI is InChI=1S/C11H14FN5/c12-9-4-5-10-13-11(15-17(10)8-9)14-16-6-2-1-3-7-16/h4-5,8H,1-3,6-7H2,(H,14,15). The number of hydrogen-bond donors (Lipinski definition) is 1. The van der Waals surface area contributed by atoms with Crippen LogP contribution in [0.4, 0.5) is 10.3 Å². The zero-order valence-corrected chi connectivity index (χ0v) is 9.43. The van der Waals surface area contributed by atoms with Gasteiger partial charge >= 0.3 is 0 Å². The van der Waals surface area contributed by atoms with E-state index in [4.69, 9.17) is 0 Å². The highest BCUT2D eigenvalue weighted by atomic mass is 19.1. The van der Waals surface area contributed by atoms with Crippen LogP contribution in [0.3, 0.4) is 0 Å². The molecule has 2 aromatic heterocycles. The number of halogens is 1. The molecule has 1 saturated heterocycles. The molecule has 17 heavy (non-hydrogen) atoms.